The summed E-state index contributed by atoms with van der Waals surface area (Å²) in [5, 5.41) is 1.94. The van der Waals surface area contributed by atoms with Crippen molar-refractivity contribution in [3.05, 3.63) is 64.7 Å². The highest BCUT2D eigenvalue weighted by atomic mass is 32.1. The molecule has 2 aromatic heterocycles. The number of rotatable bonds is 3. The van der Waals surface area contributed by atoms with Crippen LogP contribution in [0.5, 0.6) is 0 Å². The van der Waals surface area contributed by atoms with E-state index in [0.29, 0.717) is 5.56 Å². The lowest BCUT2D eigenvalue weighted by Crippen LogP contribution is -2.29. The molecule has 1 unspecified atom stereocenters. The number of halogens is 2. The van der Waals surface area contributed by atoms with Crippen molar-refractivity contribution in [1.82, 2.24) is 10.4 Å². The van der Waals surface area contributed by atoms with Gasteiger partial charge in [-0.1, -0.05) is 0 Å². The number of thiophene rings is 1. The van der Waals surface area contributed by atoms with Crippen molar-refractivity contribution < 1.29 is 8.78 Å². The van der Waals surface area contributed by atoms with Gasteiger partial charge in [-0.2, -0.15) is 0 Å². The van der Waals surface area contributed by atoms with Gasteiger partial charge in [0.15, 0.2) is 0 Å². The van der Waals surface area contributed by atoms with Crippen LogP contribution in [-0.4, -0.2) is 4.98 Å². The molecule has 0 aliphatic carbocycles. The quantitative estimate of drug-likeness (QED) is 0.576. The second kappa shape index (κ2) is 5.24. The number of fused-ring (bicyclic) bond motifs is 1. The maximum absolute atomic E-state index is 13.3. The van der Waals surface area contributed by atoms with E-state index >= 15 is 0 Å². The highest BCUT2D eigenvalue weighted by Gasteiger charge is 2.15. The summed E-state index contributed by atoms with van der Waals surface area (Å²) in [6.45, 7) is 0. The molecule has 1 atom stereocenters. The summed E-state index contributed by atoms with van der Waals surface area (Å²) >= 11 is 1.55. The third-order valence-corrected chi connectivity index (χ3v) is 3.90. The van der Waals surface area contributed by atoms with Gasteiger partial charge in [-0.3, -0.25) is 10.8 Å². The molecule has 0 radical (unpaired) electrons. The molecule has 0 amide bonds. The monoisotopic (exact) mass is 291 g/mol. The molecule has 3 N–H and O–H groups in total. The van der Waals surface area contributed by atoms with Crippen molar-refractivity contribution >= 4 is 21.6 Å². The van der Waals surface area contributed by atoms with Crippen molar-refractivity contribution in [2.45, 2.75) is 6.04 Å². The molecule has 3 aromatic rings. The Morgan fingerprint density at radius 3 is 2.55 bits per heavy atom. The van der Waals surface area contributed by atoms with Crippen LogP contribution in [0.25, 0.3) is 10.2 Å². The SMILES string of the molecule is NNC(c1cc(F)cc(F)c1)c1cnc2ccsc2c1. The summed E-state index contributed by atoms with van der Waals surface area (Å²) in [6.07, 6.45) is 1.66. The van der Waals surface area contributed by atoms with Crippen molar-refractivity contribution in [3.63, 3.8) is 0 Å². The fourth-order valence-corrected chi connectivity index (χ4v) is 2.94. The molecule has 0 spiro atoms. The molecule has 3 rings (SSSR count). The Morgan fingerprint density at radius 1 is 1.10 bits per heavy atom. The van der Waals surface area contributed by atoms with Gasteiger partial charge in [0, 0.05) is 12.3 Å². The first-order chi connectivity index (χ1) is 9.67. The molecule has 0 saturated carbocycles. The molecule has 0 aliphatic rings. The van der Waals surface area contributed by atoms with E-state index in [1.165, 1.54) is 12.1 Å². The van der Waals surface area contributed by atoms with Gasteiger partial charge in [-0.05, 0) is 40.8 Å². The average molecular weight is 291 g/mol. The van der Waals surface area contributed by atoms with Gasteiger partial charge in [0.2, 0.25) is 0 Å². The van der Waals surface area contributed by atoms with E-state index in [2.05, 4.69) is 10.4 Å². The van der Waals surface area contributed by atoms with Gasteiger partial charge in [-0.15, -0.1) is 11.3 Å². The average Bonchev–Trinajstić information content (AvgIpc) is 2.86. The number of hydrazine groups is 1. The van der Waals surface area contributed by atoms with Crippen LogP contribution in [0, 0.1) is 11.6 Å². The molecule has 0 saturated heterocycles. The van der Waals surface area contributed by atoms with Crippen LogP contribution in [0.4, 0.5) is 8.78 Å². The fourth-order valence-electron chi connectivity index (χ4n) is 2.15. The van der Waals surface area contributed by atoms with E-state index in [0.717, 1.165) is 21.8 Å². The second-order valence-corrected chi connectivity index (χ2v) is 5.32. The van der Waals surface area contributed by atoms with Crippen molar-refractivity contribution in [3.8, 4) is 0 Å². The van der Waals surface area contributed by atoms with Crippen molar-refractivity contribution in [2.75, 3.05) is 0 Å². The Labute approximate surface area is 118 Å². The van der Waals surface area contributed by atoms with E-state index in [-0.39, 0.29) is 0 Å². The summed E-state index contributed by atoms with van der Waals surface area (Å²) in [5.41, 5.74) is 4.64. The Bertz CT molecular complexity index is 737. The summed E-state index contributed by atoms with van der Waals surface area (Å²) in [4.78, 5) is 4.31. The Balaban J connectivity index is 2.07. The van der Waals surface area contributed by atoms with Gasteiger partial charge >= 0.3 is 0 Å². The smallest absolute Gasteiger partial charge is 0.126 e. The number of nitrogens with one attached hydrogen (secondary N) is 1. The van der Waals surface area contributed by atoms with Crippen LogP contribution in [0.2, 0.25) is 0 Å². The first-order valence-corrected chi connectivity index (χ1v) is 6.80. The van der Waals surface area contributed by atoms with E-state index in [4.69, 9.17) is 5.84 Å². The van der Waals surface area contributed by atoms with Crippen LogP contribution in [0.3, 0.4) is 0 Å². The van der Waals surface area contributed by atoms with Crippen LogP contribution < -0.4 is 11.3 Å². The molecule has 6 heteroatoms. The molecule has 20 heavy (non-hydrogen) atoms. The van der Waals surface area contributed by atoms with Crippen molar-refractivity contribution in [2.24, 2.45) is 5.84 Å². The normalized spacial score (nSPS) is 12.8. The minimum atomic E-state index is -0.634. The number of aromatic nitrogens is 1. The molecule has 1 aromatic carbocycles. The fraction of sp³-hybridized carbons (Fsp3) is 0.0714. The van der Waals surface area contributed by atoms with E-state index < -0.39 is 17.7 Å². The number of nitrogens with two attached hydrogens (primary N) is 1. The summed E-state index contributed by atoms with van der Waals surface area (Å²) in [5.74, 6) is 4.27. The Kier molecular flexibility index (Phi) is 3.43. The molecule has 2 heterocycles. The number of pyridine rings is 1. The van der Waals surface area contributed by atoms with Gasteiger partial charge < -0.3 is 0 Å². The molecular weight excluding hydrogens is 280 g/mol. The third-order valence-electron chi connectivity index (χ3n) is 3.04. The standard InChI is InChI=1S/C14H11F2N3S/c15-10-3-8(4-11(16)6-10)14(19-17)9-5-13-12(18-7-9)1-2-20-13/h1-7,14,19H,17H2. The maximum Gasteiger partial charge on any atom is 0.126 e. The largest absolute Gasteiger partial charge is 0.271 e. The topological polar surface area (TPSA) is 50.9 Å². The molecule has 0 fully saturated rings. The molecule has 0 bridgehead atoms. The van der Waals surface area contributed by atoms with Crippen molar-refractivity contribution in [1.29, 1.82) is 0 Å². The number of hydrogen-bond donors (Lipinski definition) is 2. The van der Waals surface area contributed by atoms with Crippen LogP contribution in [-0.2, 0) is 0 Å². The highest BCUT2D eigenvalue weighted by molar-refractivity contribution is 7.17. The van der Waals surface area contributed by atoms with Gasteiger partial charge in [0.05, 0.1) is 16.3 Å². The lowest BCUT2D eigenvalue weighted by molar-refractivity contribution is 0.566. The molecule has 0 aliphatic heterocycles. The first kappa shape index (κ1) is 13.1. The number of nitrogens with zero attached hydrogens (tertiary/aromatic N) is 1. The number of hydrogen-bond acceptors (Lipinski definition) is 4. The number of benzene rings is 1. The zero-order chi connectivity index (χ0) is 14.1. The molecule has 102 valence electrons. The Morgan fingerprint density at radius 2 is 1.85 bits per heavy atom. The van der Waals surface area contributed by atoms with Crippen LogP contribution in [0.15, 0.2) is 41.9 Å². The first-order valence-electron chi connectivity index (χ1n) is 5.92. The minimum absolute atomic E-state index is 0.419. The van der Waals surface area contributed by atoms with E-state index in [1.807, 2.05) is 17.5 Å². The second-order valence-electron chi connectivity index (χ2n) is 4.38. The zero-order valence-corrected chi connectivity index (χ0v) is 11.1. The zero-order valence-electron chi connectivity index (χ0n) is 10.3. The van der Waals surface area contributed by atoms with Gasteiger partial charge in [0.1, 0.15) is 11.6 Å². The van der Waals surface area contributed by atoms with E-state index in [1.54, 1.807) is 17.5 Å². The lowest BCUT2D eigenvalue weighted by atomic mass is 10.0. The summed E-state index contributed by atoms with van der Waals surface area (Å²) < 4.78 is 27.6. The summed E-state index contributed by atoms with van der Waals surface area (Å²) in [7, 11) is 0. The van der Waals surface area contributed by atoms with Gasteiger partial charge in [-0.25, -0.2) is 14.2 Å². The predicted octanol–water partition coefficient (Wildman–Crippen LogP) is 3.13. The highest BCUT2D eigenvalue weighted by Crippen LogP contribution is 2.27. The maximum atomic E-state index is 13.3. The predicted molar refractivity (Wildman–Crippen MR) is 75.1 cm³/mol. The lowest BCUT2D eigenvalue weighted by Gasteiger charge is -2.16. The minimum Gasteiger partial charge on any atom is -0.271 e. The summed E-state index contributed by atoms with van der Waals surface area (Å²) in [6, 6.07) is 6.66. The third kappa shape index (κ3) is 2.40. The van der Waals surface area contributed by atoms with Crippen LogP contribution >= 0.6 is 11.3 Å². The van der Waals surface area contributed by atoms with E-state index in [9.17, 15) is 8.78 Å². The molecule has 3 nitrogen and oxygen atoms in total. The Hall–Kier alpha value is -1.89. The molecular formula is C14H11F2N3S. The van der Waals surface area contributed by atoms with Crippen LogP contribution in [0.1, 0.15) is 17.2 Å². The van der Waals surface area contributed by atoms with Gasteiger partial charge in [0.25, 0.3) is 0 Å².